The molecule has 2 saturated heterocycles. The molecule has 3 amide bonds. The van der Waals surface area contributed by atoms with Crippen molar-refractivity contribution in [3.8, 4) is 0 Å². The lowest BCUT2D eigenvalue weighted by Gasteiger charge is -2.35. The van der Waals surface area contributed by atoms with E-state index in [1.54, 1.807) is 17.1 Å². The first-order valence-electron chi connectivity index (χ1n) is 14.6. The number of aliphatic hydroxyl groups is 1. The Bertz CT molecular complexity index is 1200. The van der Waals surface area contributed by atoms with Gasteiger partial charge >= 0.3 is 5.97 Å². The number of unbranched alkanes of at least 4 members (excludes halogenated alkanes) is 1. The zero-order valence-corrected chi connectivity index (χ0v) is 23.4. The van der Waals surface area contributed by atoms with Crippen LogP contribution in [0.15, 0.2) is 54.6 Å². The zero-order chi connectivity index (χ0) is 29.0. The molecular weight excluding hydrogens is 526 g/mol. The molecule has 0 aromatic heterocycles. The minimum Gasteiger partial charge on any atom is -0.463 e. The van der Waals surface area contributed by atoms with E-state index in [0.717, 1.165) is 18.4 Å². The molecule has 2 N–H and O–H groups in total. The van der Waals surface area contributed by atoms with Crippen molar-refractivity contribution in [2.45, 2.75) is 62.8 Å². The number of likely N-dealkylation sites (tertiary alicyclic amines) is 1. The molecule has 4 aliphatic rings. The van der Waals surface area contributed by atoms with Crippen molar-refractivity contribution < 1.29 is 33.8 Å². The topological polar surface area (TPSA) is 125 Å². The lowest BCUT2D eigenvalue weighted by molar-refractivity contribution is -0.148. The number of esters is 1. The van der Waals surface area contributed by atoms with Gasteiger partial charge in [0.05, 0.1) is 24.0 Å². The van der Waals surface area contributed by atoms with Gasteiger partial charge in [0.2, 0.25) is 17.7 Å². The van der Waals surface area contributed by atoms with Crippen LogP contribution in [0.1, 0.15) is 50.6 Å². The molecule has 41 heavy (non-hydrogen) atoms. The predicted molar refractivity (Wildman–Crippen MR) is 149 cm³/mol. The molecule has 5 rings (SSSR count). The van der Waals surface area contributed by atoms with E-state index >= 15 is 0 Å². The number of carbonyl (C=O) groups excluding carboxylic acids is 4. The molecule has 1 aromatic rings. The van der Waals surface area contributed by atoms with Crippen molar-refractivity contribution in [3.63, 3.8) is 0 Å². The summed E-state index contributed by atoms with van der Waals surface area (Å²) in [6.45, 7) is 3.00. The number of nitrogens with one attached hydrogen (secondary N) is 1. The molecule has 0 saturated carbocycles. The first kappa shape index (κ1) is 29.0. The second kappa shape index (κ2) is 12.6. The third kappa shape index (κ3) is 5.55. The maximum absolute atomic E-state index is 14.2. The summed E-state index contributed by atoms with van der Waals surface area (Å²) in [7, 11) is 0. The average Bonchev–Trinajstić information content (AvgIpc) is 3.36. The standard InChI is InChI=1S/C31H39N3O7/c1-2-3-16-33-17-9-15-31-26(29(38)34(18-10-19-35)27(31)30(33)39)25-23(41-31)13-7-8-14-24(36)40-20-22(32-28(25)37)21-11-5-4-6-12-21/h4-7,9,11-13,15,22-23,25-27,35H,2-3,8,10,14,16-20H2,1H3,(H,32,37)/b13-7-/t22-,23+,25-,26-,27+,31-/m0/s1. The van der Waals surface area contributed by atoms with Gasteiger partial charge in [-0.05, 0) is 24.8 Å². The predicted octanol–water partition coefficient (Wildman–Crippen LogP) is 1.90. The van der Waals surface area contributed by atoms with Gasteiger partial charge in [-0.15, -0.1) is 0 Å². The van der Waals surface area contributed by atoms with Gasteiger partial charge in [-0.3, -0.25) is 19.2 Å². The number of nitrogens with zero attached hydrogens (tertiary/aromatic N) is 2. The second-order valence-electron chi connectivity index (χ2n) is 11.1. The summed E-state index contributed by atoms with van der Waals surface area (Å²) in [5.74, 6) is -3.17. The molecule has 10 heteroatoms. The molecule has 0 unspecified atom stereocenters. The third-order valence-corrected chi connectivity index (χ3v) is 8.49. The minimum atomic E-state index is -1.34. The fourth-order valence-electron chi connectivity index (χ4n) is 6.52. The fourth-order valence-corrected chi connectivity index (χ4v) is 6.52. The number of carbonyl (C=O) groups is 4. The fraction of sp³-hybridized carbons (Fsp3) is 0.548. The summed E-state index contributed by atoms with van der Waals surface area (Å²) >= 11 is 0. The normalized spacial score (nSPS) is 32.7. The average molecular weight is 566 g/mol. The molecule has 220 valence electrons. The van der Waals surface area contributed by atoms with Crippen LogP contribution < -0.4 is 5.32 Å². The van der Waals surface area contributed by atoms with Crippen molar-refractivity contribution in [3.05, 3.63) is 60.2 Å². The Morgan fingerprint density at radius 2 is 1.85 bits per heavy atom. The van der Waals surface area contributed by atoms with Crippen molar-refractivity contribution in [2.75, 3.05) is 32.8 Å². The maximum Gasteiger partial charge on any atom is 0.306 e. The number of cyclic esters (lactones) is 1. The van der Waals surface area contributed by atoms with E-state index in [1.165, 1.54) is 4.90 Å². The summed E-state index contributed by atoms with van der Waals surface area (Å²) in [5, 5.41) is 12.6. The lowest BCUT2D eigenvalue weighted by Crippen LogP contribution is -2.55. The van der Waals surface area contributed by atoms with Gasteiger partial charge in [-0.2, -0.15) is 0 Å². The van der Waals surface area contributed by atoms with Gasteiger partial charge in [0.1, 0.15) is 18.2 Å². The van der Waals surface area contributed by atoms with Crippen LogP contribution in [0.3, 0.4) is 0 Å². The summed E-state index contributed by atoms with van der Waals surface area (Å²) in [4.78, 5) is 58.0. The summed E-state index contributed by atoms with van der Waals surface area (Å²) < 4.78 is 12.2. The lowest BCUT2D eigenvalue weighted by atomic mass is 9.77. The first-order valence-corrected chi connectivity index (χ1v) is 14.6. The Morgan fingerprint density at radius 3 is 2.61 bits per heavy atom. The number of aliphatic hydroxyl groups excluding tert-OH is 1. The van der Waals surface area contributed by atoms with E-state index in [-0.39, 0.29) is 44.0 Å². The van der Waals surface area contributed by atoms with Crippen LogP contribution in [0.2, 0.25) is 0 Å². The number of hydrogen-bond donors (Lipinski definition) is 2. The summed E-state index contributed by atoms with van der Waals surface area (Å²) in [6, 6.07) is 7.67. The van der Waals surface area contributed by atoms with Crippen LogP contribution in [0.5, 0.6) is 0 Å². The van der Waals surface area contributed by atoms with Crippen LogP contribution in [-0.4, -0.2) is 89.2 Å². The molecule has 10 nitrogen and oxygen atoms in total. The quantitative estimate of drug-likeness (QED) is 0.382. The van der Waals surface area contributed by atoms with E-state index < -0.39 is 41.5 Å². The maximum atomic E-state index is 14.2. The molecule has 6 atom stereocenters. The van der Waals surface area contributed by atoms with E-state index in [2.05, 4.69) is 12.2 Å². The van der Waals surface area contributed by atoms with Crippen LogP contribution >= 0.6 is 0 Å². The number of amides is 3. The molecule has 1 aromatic carbocycles. The van der Waals surface area contributed by atoms with Gasteiger partial charge in [0.25, 0.3) is 0 Å². The van der Waals surface area contributed by atoms with Gasteiger partial charge in [-0.25, -0.2) is 0 Å². The van der Waals surface area contributed by atoms with Crippen molar-refractivity contribution in [1.82, 2.24) is 15.1 Å². The first-order chi connectivity index (χ1) is 19.9. The van der Waals surface area contributed by atoms with Crippen LogP contribution in [0, 0.1) is 11.8 Å². The van der Waals surface area contributed by atoms with Gasteiger partial charge in [0.15, 0.2) is 0 Å². The van der Waals surface area contributed by atoms with Gasteiger partial charge < -0.3 is 29.7 Å². The molecule has 2 fully saturated rings. The SMILES string of the molecule is CCCCN1CC=C[C@]23O[C@@H]4/C=C\CCC(=O)OC[C@@H](c5ccccc5)NC(=O)[C@@H]4[C@H]2C(=O)N(CCCO)[C@@H]3C1=O. The summed E-state index contributed by atoms with van der Waals surface area (Å²) in [6.07, 6.45) is 9.03. The second-order valence-corrected chi connectivity index (χ2v) is 11.1. The molecule has 0 bridgehead atoms. The number of allylic oxidation sites excluding steroid dienone is 1. The van der Waals surface area contributed by atoms with Crippen molar-refractivity contribution in [1.29, 1.82) is 0 Å². The number of fused-ring (bicyclic) bond motifs is 2. The number of benzene rings is 1. The highest BCUT2D eigenvalue weighted by Crippen LogP contribution is 2.52. The number of rotatable bonds is 7. The molecule has 1 spiro atoms. The highest BCUT2D eigenvalue weighted by Gasteiger charge is 2.71. The van der Waals surface area contributed by atoms with Crippen molar-refractivity contribution >= 4 is 23.7 Å². The van der Waals surface area contributed by atoms with E-state index in [9.17, 15) is 24.3 Å². The zero-order valence-electron chi connectivity index (χ0n) is 23.4. The number of hydrogen-bond acceptors (Lipinski definition) is 7. The van der Waals surface area contributed by atoms with E-state index in [0.29, 0.717) is 25.9 Å². The Labute approximate surface area is 240 Å². The highest BCUT2D eigenvalue weighted by molar-refractivity contribution is 5.99. The molecule has 4 heterocycles. The molecule has 4 aliphatic heterocycles. The third-order valence-electron chi connectivity index (χ3n) is 8.49. The Balaban J connectivity index is 1.56. The monoisotopic (exact) mass is 565 g/mol. The minimum absolute atomic E-state index is 0.0453. The number of ether oxygens (including phenoxy) is 2. The Kier molecular flexibility index (Phi) is 8.89. The van der Waals surface area contributed by atoms with Crippen LogP contribution in [-0.2, 0) is 28.7 Å². The van der Waals surface area contributed by atoms with Crippen molar-refractivity contribution in [2.24, 2.45) is 11.8 Å². The highest BCUT2D eigenvalue weighted by atomic mass is 16.5. The van der Waals surface area contributed by atoms with Gasteiger partial charge in [0, 0.05) is 32.7 Å². The Morgan fingerprint density at radius 1 is 1.05 bits per heavy atom. The largest absolute Gasteiger partial charge is 0.463 e. The molecule has 0 aliphatic carbocycles. The summed E-state index contributed by atoms with van der Waals surface area (Å²) in [5.41, 5.74) is -0.571. The van der Waals surface area contributed by atoms with Gasteiger partial charge in [-0.1, -0.05) is 68.0 Å². The molecular formula is C31H39N3O7. The Hall–Kier alpha value is -3.50. The smallest absolute Gasteiger partial charge is 0.306 e. The van der Waals surface area contributed by atoms with E-state index in [4.69, 9.17) is 9.47 Å². The van der Waals surface area contributed by atoms with E-state index in [1.807, 2.05) is 42.5 Å². The molecule has 0 radical (unpaired) electrons. The van der Waals surface area contributed by atoms with Crippen LogP contribution in [0.25, 0.3) is 0 Å². The van der Waals surface area contributed by atoms with Crippen LogP contribution in [0.4, 0.5) is 0 Å².